The summed E-state index contributed by atoms with van der Waals surface area (Å²) in [5.74, 6) is -0.911. The van der Waals surface area contributed by atoms with Gasteiger partial charge in [0.1, 0.15) is 29.6 Å². The lowest BCUT2D eigenvalue weighted by atomic mass is 10.1. The van der Waals surface area contributed by atoms with Crippen molar-refractivity contribution < 1.29 is 27.4 Å². The van der Waals surface area contributed by atoms with Gasteiger partial charge in [-0.15, -0.1) is 0 Å². The Morgan fingerprint density at radius 1 is 1.44 bits per heavy atom. The van der Waals surface area contributed by atoms with E-state index in [0.29, 0.717) is 5.56 Å². The van der Waals surface area contributed by atoms with E-state index in [9.17, 15) is 18.1 Å². The first kappa shape index (κ1) is 17.4. The van der Waals surface area contributed by atoms with Crippen molar-refractivity contribution in [3.05, 3.63) is 52.6 Å². The number of aliphatic hydroxyl groups excluding tert-OH is 1. The van der Waals surface area contributed by atoms with Gasteiger partial charge in [-0.2, -0.15) is 5.26 Å². The summed E-state index contributed by atoms with van der Waals surface area (Å²) in [7, 11) is 0. The third-order valence-electron chi connectivity index (χ3n) is 3.80. The van der Waals surface area contributed by atoms with E-state index in [0.717, 1.165) is 12.1 Å². The molecule has 130 valence electrons. The summed E-state index contributed by atoms with van der Waals surface area (Å²) in [6.45, 7) is 0. The summed E-state index contributed by atoms with van der Waals surface area (Å²) >= 11 is -2.21. The van der Waals surface area contributed by atoms with E-state index >= 15 is 0 Å². The molecule has 1 unspecified atom stereocenters. The van der Waals surface area contributed by atoms with Crippen molar-refractivity contribution in [3.63, 3.8) is 0 Å². The topological polar surface area (TPSA) is 103 Å². The minimum atomic E-state index is -2.21. The maximum absolute atomic E-state index is 14.0. The third kappa shape index (κ3) is 3.51. The minimum Gasteiger partial charge on any atom is -0.455 e. The summed E-state index contributed by atoms with van der Waals surface area (Å²) in [5.41, 5.74) is 0.575. The van der Waals surface area contributed by atoms with Gasteiger partial charge in [-0.1, -0.05) is 0 Å². The standard InChI is InChI=1S/C16H12F2N2O4S/c17-9-1-8(5-19)2-10(3-9)24-14-6-20-13(7-25(22)23)15-11(14)4-12(18)16(15)21/h1-3,6,12,16,21H,4,7H2,(H,22,23)/t12-,16-/m1/s1. The zero-order valence-corrected chi connectivity index (χ0v) is 13.5. The molecule has 2 aromatic rings. The Morgan fingerprint density at radius 3 is 2.88 bits per heavy atom. The molecule has 2 N–H and O–H groups in total. The van der Waals surface area contributed by atoms with E-state index in [1.807, 2.05) is 0 Å². The Morgan fingerprint density at radius 2 is 2.20 bits per heavy atom. The van der Waals surface area contributed by atoms with Crippen LogP contribution in [0.25, 0.3) is 0 Å². The highest BCUT2D eigenvalue weighted by molar-refractivity contribution is 7.78. The van der Waals surface area contributed by atoms with Gasteiger partial charge in [0.25, 0.3) is 0 Å². The van der Waals surface area contributed by atoms with Gasteiger partial charge in [0.15, 0.2) is 11.1 Å². The van der Waals surface area contributed by atoms with Crippen molar-refractivity contribution in [2.45, 2.75) is 24.4 Å². The van der Waals surface area contributed by atoms with Crippen LogP contribution in [0.15, 0.2) is 24.4 Å². The van der Waals surface area contributed by atoms with Gasteiger partial charge >= 0.3 is 0 Å². The molecule has 9 heteroatoms. The SMILES string of the molecule is N#Cc1cc(F)cc(Oc2cnc(CS(=O)O)c3c2C[C@@H](F)[C@H]3O)c1. The second kappa shape index (κ2) is 6.84. The number of nitrogens with zero attached hydrogens (tertiary/aromatic N) is 2. The average molecular weight is 366 g/mol. The molecular formula is C16H12F2N2O4S. The summed E-state index contributed by atoms with van der Waals surface area (Å²) in [5, 5.41) is 18.9. The van der Waals surface area contributed by atoms with Gasteiger partial charge in [0, 0.05) is 23.6 Å². The van der Waals surface area contributed by atoms with E-state index in [4.69, 9.17) is 14.6 Å². The number of aromatic nitrogens is 1. The molecule has 0 spiro atoms. The third-order valence-corrected chi connectivity index (χ3v) is 4.32. The number of ether oxygens (including phenoxy) is 1. The second-order valence-corrected chi connectivity index (χ2v) is 6.41. The molecule has 0 amide bonds. The molecule has 0 bridgehead atoms. The molecule has 1 aromatic heterocycles. The fraction of sp³-hybridized carbons (Fsp3) is 0.250. The van der Waals surface area contributed by atoms with Gasteiger partial charge in [0.05, 0.1) is 29.3 Å². The Labute approximate surface area is 144 Å². The van der Waals surface area contributed by atoms with Crippen molar-refractivity contribution in [1.29, 1.82) is 5.26 Å². The van der Waals surface area contributed by atoms with Crippen molar-refractivity contribution in [1.82, 2.24) is 4.98 Å². The number of hydrogen-bond donors (Lipinski definition) is 2. The van der Waals surface area contributed by atoms with Crippen LogP contribution < -0.4 is 4.74 Å². The molecule has 0 aliphatic heterocycles. The number of benzene rings is 1. The van der Waals surface area contributed by atoms with Crippen LogP contribution in [0.1, 0.15) is 28.5 Å². The Bertz CT molecular complexity index is 900. The van der Waals surface area contributed by atoms with E-state index in [-0.39, 0.29) is 40.5 Å². The van der Waals surface area contributed by atoms with Crippen LogP contribution in [-0.4, -0.2) is 25.0 Å². The van der Waals surface area contributed by atoms with Crippen LogP contribution in [0.5, 0.6) is 11.5 Å². The normalized spacial score (nSPS) is 20.0. The molecule has 1 aliphatic carbocycles. The van der Waals surface area contributed by atoms with Gasteiger partial charge in [-0.05, 0) is 12.1 Å². The number of nitriles is 1. The molecule has 1 heterocycles. The number of pyridine rings is 1. The summed E-state index contributed by atoms with van der Waals surface area (Å²) in [6.07, 6.45) is -2.02. The summed E-state index contributed by atoms with van der Waals surface area (Å²) in [6, 6.07) is 5.20. The van der Waals surface area contributed by atoms with Crippen LogP contribution in [0, 0.1) is 17.1 Å². The van der Waals surface area contributed by atoms with Gasteiger partial charge < -0.3 is 14.4 Å². The fourth-order valence-corrected chi connectivity index (χ4v) is 3.24. The van der Waals surface area contributed by atoms with Crippen LogP contribution >= 0.6 is 0 Å². The molecule has 0 radical (unpaired) electrons. The molecule has 0 saturated carbocycles. The largest absolute Gasteiger partial charge is 0.455 e. The fourth-order valence-electron chi connectivity index (χ4n) is 2.77. The maximum atomic E-state index is 14.0. The van der Waals surface area contributed by atoms with Gasteiger partial charge in [0.2, 0.25) is 0 Å². The average Bonchev–Trinajstić information content (AvgIpc) is 2.85. The lowest BCUT2D eigenvalue weighted by Gasteiger charge is -2.14. The predicted octanol–water partition coefficient (Wildman–Crippen LogP) is 2.53. The van der Waals surface area contributed by atoms with Crippen molar-refractivity contribution >= 4 is 11.1 Å². The predicted molar refractivity (Wildman–Crippen MR) is 83.5 cm³/mol. The highest BCUT2D eigenvalue weighted by atomic mass is 32.2. The zero-order valence-electron chi connectivity index (χ0n) is 12.6. The molecular weight excluding hydrogens is 354 g/mol. The molecule has 1 aromatic carbocycles. The Hall–Kier alpha value is -2.41. The van der Waals surface area contributed by atoms with Crippen LogP contribution in [0.3, 0.4) is 0 Å². The molecule has 1 aliphatic rings. The van der Waals surface area contributed by atoms with Crippen LogP contribution in [-0.2, 0) is 23.3 Å². The lowest BCUT2D eigenvalue weighted by molar-refractivity contribution is 0.0918. The lowest BCUT2D eigenvalue weighted by Crippen LogP contribution is -2.10. The zero-order chi connectivity index (χ0) is 18.1. The molecule has 0 saturated heterocycles. The highest BCUT2D eigenvalue weighted by Gasteiger charge is 2.36. The summed E-state index contributed by atoms with van der Waals surface area (Å²) < 4.78 is 53.1. The van der Waals surface area contributed by atoms with Crippen LogP contribution in [0.4, 0.5) is 8.78 Å². The maximum Gasteiger partial charge on any atom is 0.158 e. The first-order valence-electron chi connectivity index (χ1n) is 7.18. The number of hydrogen-bond acceptors (Lipinski definition) is 5. The summed E-state index contributed by atoms with van der Waals surface area (Å²) in [4.78, 5) is 3.97. The first-order chi connectivity index (χ1) is 11.9. The number of aliphatic hydroxyl groups is 1. The minimum absolute atomic E-state index is 0.0239. The number of fused-ring (bicyclic) bond motifs is 1. The quantitative estimate of drug-likeness (QED) is 0.806. The highest BCUT2D eigenvalue weighted by Crippen LogP contribution is 2.41. The van der Waals surface area contributed by atoms with Crippen molar-refractivity contribution in [3.8, 4) is 17.6 Å². The second-order valence-electron chi connectivity index (χ2n) is 5.48. The monoisotopic (exact) mass is 366 g/mol. The van der Waals surface area contributed by atoms with E-state index in [2.05, 4.69) is 4.98 Å². The Balaban J connectivity index is 2.03. The molecule has 25 heavy (non-hydrogen) atoms. The smallest absolute Gasteiger partial charge is 0.158 e. The van der Waals surface area contributed by atoms with Crippen molar-refractivity contribution in [2.24, 2.45) is 0 Å². The number of alkyl halides is 1. The Kier molecular flexibility index (Phi) is 4.76. The van der Waals surface area contributed by atoms with Gasteiger partial charge in [-0.25, -0.2) is 13.0 Å². The molecule has 6 nitrogen and oxygen atoms in total. The van der Waals surface area contributed by atoms with Crippen molar-refractivity contribution in [2.75, 3.05) is 0 Å². The van der Waals surface area contributed by atoms with Gasteiger partial charge in [-0.3, -0.25) is 4.98 Å². The van der Waals surface area contributed by atoms with Crippen LogP contribution in [0.2, 0.25) is 0 Å². The van der Waals surface area contributed by atoms with E-state index < -0.39 is 29.2 Å². The molecule has 3 atom stereocenters. The van der Waals surface area contributed by atoms with E-state index in [1.54, 1.807) is 6.07 Å². The number of rotatable bonds is 4. The van der Waals surface area contributed by atoms with E-state index in [1.165, 1.54) is 12.3 Å². The number of halogens is 2. The first-order valence-corrected chi connectivity index (χ1v) is 8.45. The molecule has 3 rings (SSSR count). The molecule has 0 fully saturated rings.